The predicted octanol–water partition coefficient (Wildman–Crippen LogP) is 5.46. The van der Waals surface area contributed by atoms with E-state index in [9.17, 15) is 13.2 Å². The number of hydrogen-bond acceptors (Lipinski definition) is 10. The molecule has 0 amide bonds. The van der Waals surface area contributed by atoms with Gasteiger partial charge in [0, 0.05) is 55.5 Å². The average molecular weight is 581 g/mol. The SMILES string of the molecule is Cc1cn(-c2cc(Nc3ccc(CN=Nc4nc(C)cc(NCCN5CCOCC5)n4)nc3)cc(C(F)(F)F)c2)cn1. The third kappa shape index (κ3) is 8.07. The Labute approximate surface area is 240 Å². The highest BCUT2D eigenvalue weighted by molar-refractivity contribution is 5.63. The first-order valence-corrected chi connectivity index (χ1v) is 13.4. The monoisotopic (exact) mass is 580 g/mol. The molecule has 4 heterocycles. The minimum Gasteiger partial charge on any atom is -0.379 e. The Morgan fingerprint density at radius 2 is 1.81 bits per heavy atom. The van der Waals surface area contributed by atoms with Gasteiger partial charge in [-0.15, -0.1) is 5.11 Å². The Bertz CT molecular complexity index is 1520. The lowest BCUT2D eigenvalue weighted by atomic mass is 10.1. The topological polar surface area (TPSA) is 118 Å². The molecule has 42 heavy (non-hydrogen) atoms. The molecule has 3 aromatic heterocycles. The van der Waals surface area contributed by atoms with Crippen LogP contribution in [0, 0.1) is 13.8 Å². The molecule has 0 radical (unpaired) electrons. The summed E-state index contributed by atoms with van der Waals surface area (Å²) in [6, 6.07) is 9.06. The summed E-state index contributed by atoms with van der Waals surface area (Å²) in [6.07, 6.45) is 0.170. The highest BCUT2D eigenvalue weighted by atomic mass is 19.4. The van der Waals surface area contributed by atoms with Gasteiger partial charge in [0.1, 0.15) is 12.4 Å². The number of hydrogen-bond donors (Lipinski definition) is 2. The first-order valence-electron chi connectivity index (χ1n) is 13.4. The number of anilines is 3. The van der Waals surface area contributed by atoms with Crippen LogP contribution in [-0.2, 0) is 17.5 Å². The Hall–Kier alpha value is -4.43. The van der Waals surface area contributed by atoms with Crippen LogP contribution in [0.15, 0.2) is 65.3 Å². The fourth-order valence-electron chi connectivity index (χ4n) is 4.34. The van der Waals surface area contributed by atoms with Crippen molar-refractivity contribution in [3.8, 4) is 5.69 Å². The lowest BCUT2D eigenvalue weighted by Crippen LogP contribution is -2.39. The van der Waals surface area contributed by atoms with Crippen molar-refractivity contribution >= 4 is 23.1 Å². The maximum absolute atomic E-state index is 13.6. The minimum atomic E-state index is -4.50. The molecule has 220 valence electrons. The highest BCUT2D eigenvalue weighted by Crippen LogP contribution is 2.34. The standard InChI is InChI=1S/C28H31F3N10O/c1-19-11-26(32-5-6-40-7-9-42-10-8-40)38-27(36-19)39-35-16-22-3-4-23(15-33-22)37-24-12-21(28(29,30)31)13-25(14-24)41-17-20(2)34-18-41/h3-4,11-15,17-18,37H,5-10,16H2,1-2H3,(H,32,36,38). The molecule has 2 N–H and O–H groups in total. The van der Waals surface area contributed by atoms with Crippen LogP contribution in [0.4, 0.5) is 36.3 Å². The molecule has 1 aliphatic heterocycles. The van der Waals surface area contributed by atoms with Crippen LogP contribution in [-0.4, -0.2) is 68.8 Å². The molecule has 1 aromatic carbocycles. The van der Waals surface area contributed by atoms with Gasteiger partial charge in [0.25, 0.3) is 5.95 Å². The molecule has 0 spiro atoms. The quantitative estimate of drug-likeness (QED) is 0.237. The minimum absolute atomic E-state index is 0.186. The smallest absolute Gasteiger partial charge is 0.379 e. The second-order valence-electron chi connectivity index (χ2n) is 9.83. The average Bonchev–Trinajstić information content (AvgIpc) is 3.40. The summed E-state index contributed by atoms with van der Waals surface area (Å²) < 4.78 is 47.6. The van der Waals surface area contributed by atoms with Crippen LogP contribution >= 0.6 is 0 Å². The second-order valence-corrected chi connectivity index (χ2v) is 9.83. The number of rotatable bonds is 10. The molecule has 5 rings (SSSR count). The number of benzene rings is 1. The van der Waals surface area contributed by atoms with Crippen molar-refractivity contribution in [2.75, 3.05) is 50.0 Å². The molecule has 14 heteroatoms. The van der Waals surface area contributed by atoms with E-state index in [1.54, 1.807) is 35.9 Å². The van der Waals surface area contributed by atoms with E-state index in [1.165, 1.54) is 12.5 Å². The van der Waals surface area contributed by atoms with Gasteiger partial charge >= 0.3 is 6.18 Å². The van der Waals surface area contributed by atoms with E-state index >= 15 is 0 Å². The van der Waals surface area contributed by atoms with E-state index in [-0.39, 0.29) is 18.2 Å². The molecule has 1 saturated heterocycles. The molecular weight excluding hydrogens is 549 g/mol. The number of nitrogens with zero attached hydrogens (tertiary/aromatic N) is 8. The predicted molar refractivity (Wildman–Crippen MR) is 152 cm³/mol. The zero-order chi connectivity index (χ0) is 29.5. The van der Waals surface area contributed by atoms with Crippen molar-refractivity contribution < 1.29 is 17.9 Å². The molecule has 1 aliphatic rings. The van der Waals surface area contributed by atoms with Gasteiger partial charge in [0.2, 0.25) is 0 Å². The van der Waals surface area contributed by atoms with E-state index in [1.807, 2.05) is 13.0 Å². The molecule has 0 aliphatic carbocycles. The summed E-state index contributed by atoms with van der Waals surface area (Å²) in [5, 5.41) is 14.6. The number of ether oxygens (including phenoxy) is 1. The molecule has 0 unspecified atom stereocenters. The summed E-state index contributed by atoms with van der Waals surface area (Å²) in [5.41, 5.74) is 2.45. The van der Waals surface area contributed by atoms with Crippen molar-refractivity contribution in [3.05, 3.63) is 77.8 Å². The Morgan fingerprint density at radius 1 is 0.976 bits per heavy atom. The zero-order valence-electron chi connectivity index (χ0n) is 23.3. The fourth-order valence-corrected chi connectivity index (χ4v) is 4.34. The van der Waals surface area contributed by atoms with Gasteiger partial charge in [-0.05, 0) is 44.2 Å². The Kier molecular flexibility index (Phi) is 9.03. The van der Waals surface area contributed by atoms with Gasteiger partial charge in [0.15, 0.2) is 0 Å². The number of aryl methyl sites for hydroxylation is 2. The third-order valence-corrected chi connectivity index (χ3v) is 6.44. The Balaban J connectivity index is 1.19. The second kappa shape index (κ2) is 13.0. The van der Waals surface area contributed by atoms with E-state index in [4.69, 9.17) is 4.74 Å². The molecule has 4 aromatic rings. The number of nitrogens with one attached hydrogen (secondary N) is 2. The number of alkyl halides is 3. The molecule has 0 saturated carbocycles. The molecule has 11 nitrogen and oxygen atoms in total. The molecular formula is C28H31F3N10O. The number of aromatic nitrogens is 5. The number of imidazole rings is 1. The molecule has 0 bridgehead atoms. The third-order valence-electron chi connectivity index (χ3n) is 6.44. The Morgan fingerprint density at radius 3 is 2.52 bits per heavy atom. The lowest BCUT2D eigenvalue weighted by Gasteiger charge is -2.26. The summed E-state index contributed by atoms with van der Waals surface area (Å²) in [6.45, 7) is 8.81. The van der Waals surface area contributed by atoms with Crippen LogP contribution < -0.4 is 10.6 Å². The van der Waals surface area contributed by atoms with Crippen LogP contribution in [0.2, 0.25) is 0 Å². The van der Waals surface area contributed by atoms with Crippen molar-refractivity contribution in [2.45, 2.75) is 26.6 Å². The summed E-state index contributed by atoms with van der Waals surface area (Å²) in [5.74, 6) is 0.926. The first-order chi connectivity index (χ1) is 20.2. The maximum Gasteiger partial charge on any atom is 0.416 e. The summed E-state index contributed by atoms with van der Waals surface area (Å²) >= 11 is 0. The van der Waals surface area contributed by atoms with E-state index in [0.29, 0.717) is 28.6 Å². The van der Waals surface area contributed by atoms with Gasteiger partial charge in [-0.1, -0.05) is 0 Å². The van der Waals surface area contributed by atoms with E-state index in [2.05, 4.69) is 45.7 Å². The fraction of sp³-hybridized carbons (Fsp3) is 0.357. The first kappa shape index (κ1) is 29.1. The largest absolute Gasteiger partial charge is 0.416 e. The van der Waals surface area contributed by atoms with Crippen LogP contribution in [0.1, 0.15) is 22.6 Å². The number of halogens is 3. The van der Waals surface area contributed by atoms with Gasteiger partial charge < -0.3 is 19.9 Å². The summed E-state index contributed by atoms with van der Waals surface area (Å²) in [7, 11) is 0. The van der Waals surface area contributed by atoms with Crippen LogP contribution in [0.3, 0.4) is 0 Å². The van der Waals surface area contributed by atoms with E-state index in [0.717, 1.165) is 57.2 Å². The number of pyridine rings is 1. The maximum atomic E-state index is 13.6. The van der Waals surface area contributed by atoms with Gasteiger partial charge in [-0.3, -0.25) is 9.88 Å². The normalized spacial score (nSPS) is 14.4. The zero-order valence-corrected chi connectivity index (χ0v) is 23.3. The molecule has 1 fully saturated rings. The van der Waals surface area contributed by atoms with Gasteiger partial charge in [-0.25, -0.2) is 9.97 Å². The van der Waals surface area contributed by atoms with Crippen molar-refractivity contribution in [3.63, 3.8) is 0 Å². The van der Waals surface area contributed by atoms with Gasteiger partial charge in [-0.2, -0.15) is 23.3 Å². The molecule has 0 atom stereocenters. The van der Waals surface area contributed by atoms with Gasteiger partial charge in [0.05, 0.1) is 48.4 Å². The number of morpholine rings is 1. The van der Waals surface area contributed by atoms with Crippen LogP contribution in [0.5, 0.6) is 0 Å². The highest BCUT2D eigenvalue weighted by Gasteiger charge is 2.31. The van der Waals surface area contributed by atoms with E-state index < -0.39 is 11.7 Å². The van der Waals surface area contributed by atoms with Crippen LogP contribution in [0.25, 0.3) is 5.69 Å². The van der Waals surface area contributed by atoms with Crippen molar-refractivity contribution in [1.82, 2.24) is 29.4 Å². The van der Waals surface area contributed by atoms with Crippen molar-refractivity contribution in [1.29, 1.82) is 0 Å². The van der Waals surface area contributed by atoms with Crippen molar-refractivity contribution in [2.24, 2.45) is 10.2 Å². The lowest BCUT2D eigenvalue weighted by molar-refractivity contribution is -0.137. The number of azo groups is 1. The summed E-state index contributed by atoms with van der Waals surface area (Å²) in [4.78, 5) is 19.5.